The number of aromatic nitrogens is 1. The van der Waals surface area contributed by atoms with Crippen molar-refractivity contribution in [1.82, 2.24) is 4.98 Å². The molecule has 4 heteroatoms. The van der Waals surface area contributed by atoms with E-state index in [1.54, 1.807) is 6.92 Å². The van der Waals surface area contributed by atoms with Crippen molar-refractivity contribution in [2.45, 2.75) is 20.3 Å². The quantitative estimate of drug-likeness (QED) is 0.414. The zero-order chi connectivity index (χ0) is 17.8. The summed E-state index contributed by atoms with van der Waals surface area (Å²) in [7, 11) is 0. The van der Waals surface area contributed by atoms with Gasteiger partial charge in [-0.25, -0.2) is 4.98 Å². The Kier molecular flexibility index (Phi) is 5.29. The molecule has 3 nitrogen and oxygen atoms in total. The number of pyridine rings is 1. The molecule has 2 aromatic carbocycles. The molecule has 0 spiro atoms. The number of carbonyl (C=O) groups excluding carboxylic acids is 1. The number of carbonyl (C=O) groups is 1. The van der Waals surface area contributed by atoms with E-state index in [-0.39, 0.29) is 5.97 Å². The maximum atomic E-state index is 11.5. The molecule has 0 saturated heterocycles. The minimum Gasteiger partial charge on any atom is -0.426 e. The molecule has 0 N–H and O–H groups in total. The van der Waals surface area contributed by atoms with Crippen LogP contribution in [0.25, 0.3) is 23.1 Å². The van der Waals surface area contributed by atoms with E-state index >= 15 is 0 Å². The Labute approximate surface area is 155 Å². The second-order valence-electron chi connectivity index (χ2n) is 5.70. The van der Waals surface area contributed by atoms with Crippen LogP contribution in [0.3, 0.4) is 0 Å². The van der Waals surface area contributed by atoms with Gasteiger partial charge in [-0.3, -0.25) is 4.79 Å². The van der Waals surface area contributed by atoms with E-state index < -0.39 is 0 Å². The first kappa shape index (κ1) is 17.4. The lowest BCUT2D eigenvalue weighted by Crippen LogP contribution is -2.06. The van der Waals surface area contributed by atoms with Gasteiger partial charge in [0, 0.05) is 16.3 Å². The van der Waals surface area contributed by atoms with E-state index in [0.717, 1.165) is 32.2 Å². The molecule has 0 aliphatic rings. The number of rotatable bonds is 4. The summed E-state index contributed by atoms with van der Waals surface area (Å²) in [5, 5.41) is 1.10. The van der Waals surface area contributed by atoms with Gasteiger partial charge < -0.3 is 4.74 Å². The van der Waals surface area contributed by atoms with Crippen LogP contribution in [0.1, 0.15) is 30.2 Å². The number of fused-ring (bicyclic) bond motifs is 1. The summed E-state index contributed by atoms with van der Waals surface area (Å²) in [5.41, 5.74) is 3.75. The monoisotopic (exact) mass is 395 g/mol. The van der Waals surface area contributed by atoms with Crippen molar-refractivity contribution in [3.8, 4) is 5.75 Å². The summed E-state index contributed by atoms with van der Waals surface area (Å²) >= 11 is 3.48. The standard InChI is InChI=1S/C21H18BrNO2/c1-3-21(24)25-20-6-4-5-15(14(20)2)8-11-18-12-9-16-7-10-17(22)13-19(16)23-18/h4-13H,3H2,1-2H3. The van der Waals surface area contributed by atoms with Crippen LogP contribution >= 0.6 is 15.9 Å². The number of ether oxygens (including phenoxy) is 1. The van der Waals surface area contributed by atoms with Gasteiger partial charge in [0.05, 0.1) is 11.2 Å². The summed E-state index contributed by atoms with van der Waals surface area (Å²) < 4.78 is 6.37. The number of esters is 1. The fourth-order valence-electron chi connectivity index (χ4n) is 2.49. The average Bonchev–Trinajstić information content (AvgIpc) is 2.61. The third-order valence-electron chi connectivity index (χ3n) is 3.95. The molecule has 0 aliphatic heterocycles. The fourth-order valence-corrected chi connectivity index (χ4v) is 2.84. The van der Waals surface area contributed by atoms with Crippen molar-refractivity contribution in [2.24, 2.45) is 0 Å². The molecule has 126 valence electrons. The summed E-state index contributed by atoms with van der Waals surface area (Å²) in [4.78, 5) is 16.2. The summed E-state index contributed by atoms with van der Waals surface area (Å²) in [6.45, 7) is 3.73. The van der Waals surface area contributed by atoms with Gasteiger partial charge in [0.15, 0.2) is 0 Å². The minimum absolute atomic E-state index is 0.231. The van der Waals surface area contributed by atoms with E-state index in [2.05, 4.69) is 27.0 Å². The highest BCUT2D eigenvalue weighted by Gasteiger charge is 2.07. The van der Waals surface area contributed by atoms with Gasteiger partial charge in [-0.1, -0.05) is 53.2 Å². The Bertz CT molecular complexity index is 963. The maximum Gasteiger partial charge on any atom is 0.310 e. The Balaban J connectivity index is 1.89. The smallest absolute Gasteiger partial charge is 0.310 e. The second kappa shape index (κ2) is 7.62. The van der Waals surface area contributed by atoms with Crippen molar-refractivity contribution in [3.63, 3.8) is 0 Å². The Morgan fingerprint density at radius 2 is 1.96 bits per heavy atom. The van der Waals surface area contributed by atoms with Crippen LogP contribution < -0.4 is 4.74 Å². The van der Waals surface area contributed by atoms with Crippen molar-refractivity contribution < 1.29 is 9.53 Å². The highest BCUT2D eigenvalue weighted by Crippen LogP contribution is 2.24. The van der Waals surface area contributed by atoms with Crippen LogP contribution in [0.5, 0.6) is 5.75 Å². The third-order valence-corrected chi connectivity index (χ3v) is 4.44. The van der Waals surface area contributed by atoms with Crippen LogP contribution in [0.4, 0.5) is 0 Å². The average molecular weight is 396 g/mol. The van der Waals surface area contributed by atoms with Crippen LogP contribution in [-0.4, -0.2) is 11.0 Å². The van der Waals surface area contributed by atoms with E-state index in [4.69, 9.17) is 4.74 Å². The molecule has 0 unspecified atom stereocenters. The predicted octanol–water partition coefficient (Wildman–Crippen LogP) is 5.79. The lowest BCUT2D eigenvalue weighted by atomic mass is 10.1. The molecule has 3 aromatic rings. The van der Waals surface area contributed by atoms with Crippen molar-refractivity contribution in [3.05, 3.63) is 69.8 Å². The molecule has 1 heterocycles. The summed E-state index contributed by atoms with van der Waals surface area (Å²) in [6, 6.07) is 15.8. The van der Waals surface area contributed by atoms with E-state index in [9.17, 15) is 4.79 Å². The van der Waals surface area contributed by atoms with Gasteiger partial charge in [-0.2, -0.15) is 0 Å². The van der Waals surface area contributed by atoms with Gasteiger partial charge in [-0.15, -0.1) is 0 Å². The van der Waals surface area contributed by atoms with Gasteiger partial charge in [0.25, 0.3) is 0 Å². The number of halogens is 1. The molecule has 0 aliphatic carbocycles. The Morgan fingerprint density at radius 1 is 1.16 bits per heavy atom. The van der Waals surface area contributed by atoms with Gasteiger partial charge in [0.1, 0.15) is 5.75 Å². The zero-order valence-corrected chi connectivity index (χ0v) is 15.7. The topological polar surface area (TPSA) is 39.2 Å². The molecule has 3 rings (SSSR count). The molecule has 0 radical (unpaired) electrons. The predicted molar refractivity (Wildman–Crippen MR) is 105 cm³/mol. The Morgan fingerprint density at radius 3 is 2.76 bits per heavy atom. The largest absolute Gasteiger partial charge is 0.426 e. The molecular formula is C21H18BrNO2. The van der Waals surface area contributed by atoms with Crippen LogP contribution in [-0.2, 0) is 4.79 Å². The highest BCUT2D eigenvalue weighted by molar-refractivity contribution is 9.10. The van der Waals surface area contributed by atoms with Gasteiger partial charge >= 0.3 is 5.97 Å². The highest BCUT2D eigenvalue weighted by atomic mass is 79.9. The van der Waals surface area contributed by atoms with Crippen LogP contribution in [0, 0.1) is 6.92 Å². The van der Waals surface area contributed by atoms with Gasteiger partial charge in [0.2, 0.25) is 0 Å². The molecule has 0 amide bonds. The first-order valence-corrected chi connectivity index (χ1v) is 8.91. The molecule has 0 fully saturated rings. The molecule has 0 saturated carbocycles. The van der Waals surface area contributed by atoms with Crippen molar-refractivity contribution in [1.29, 1.82) is 0 Å². The van der Waals surface area contributed by atoms with E-state index in [1.807, 2.05) is 61.5 Å². The second-order valence-corrected chi connectivity index (χ2v) is 6.62. The fraction of sp³-hybridized carbons (Fsp3) is 0.143. The van der Waals surface area contributed by atoms with Crippen molar-refractivity contribution >= 4 is 45.0 Å². The zero-order valence-electron chi connectivity index (χ0n) is 14.1. The third kappa shape index (κ3) is 4.15. The van der Waals surface area contributed by atoms with Crippen LogP contribution in [0.2, 0.25) is 0 Å². The lowest BCUT2D eigenvalue weighted by Gasteiger charge is -2.08. The van der Waals surface area contributed by atoms with Crippen molar-refractivity contribution in [2.75, 3.05) is 0 Å². The number of benzene rings is 2. The molecule has 0 atom stereocenters. The summed E-state index contributed by atoms with van der Waals surface area (Å²) in [6.07, 6.45) is 4.31. The van der Waals surface area contributed by atoms with Gasteiger partial charge in [-0.05, 0) is 48.4 Å². The number of hydrogen-bond acceptors (Lipinski definition) is 3. The number of nitrogens with zero attached hydrogens (tertiary/aromatic N) is 1. The normalized spacial score (nSPS) is 11.2. The first-order valence-electron chi connectivity index (χ1n) is 8.11. The number of hydrogen-bond donors (Lipinski definition) is 0. The summed E-state index contributed by atoms with van der Waals surface area (Å²) in [5.74, 6) is 0.371. The minimum atomic E-state index is -0.231. The molecule has 25 heavy (non-hydrogen) atoms. The molecule has 1 aromatic heterocycles. The van der Waals surface area contributed by atoms with E-state index in [1.165, 1.54) is 0 Å². The SMILES string of the molecule is CCC(=O)Oc1cccc(C=Cc2ccc3ccc(Br)cc3n2)c1C. The lowest BCUT2D eigenvalue weighted by molar-refractivity contribution is -0.134. The molecular weight excluding hydrogens is 378 g/mol. The van der Waals surface area contributed by atoms with Crippen LogP contribution in [0.15, 0.2) is 53.0 Å². The maximum absolute atomic E-state index is 11.5. The Hall–Kier alpha value is -2.46. The van der Waals surface area contributed by atoms with E-state index in [0.29, 0.717) is 12.2 Å². The first-order chi connectivity index (χ1) is 12.1. The molecule has 0 bridgehead atoms.